The first kappa shape index (κ1) is 14.3. The lowest BCUT2D eigenvalue weighted by Gasteiger charge is -2.30. The quantitative estimate of drug-likeness (QED) is 0.735. The van der Waals surface area contributed by atoms with E-state index in [1.54, 1.807) is 0 Å². The number of carbonyl (C=O) groups excluding carboxylic acids is 1. The monoisotopic (exact) mass is 240 g/mol. The zero-order valence-corrected chi connectivity index (χ0v) is 11.7. The average molecular weight is 240 g/mol. The highest BCUT2D eigenvalue weighted by atomic mass is 16.2. The van der Waals surface area contributed by atoms with Crippen molar-refractivity contribution in [2.75, 3.05) is 19.6 Å². The lowest BCUT2D eigenvalue weighted by Crippen LogP contribution is -2.44. The van der Waals surface area contributed by atoms with Crippen molar-refractivity contribution in [3.63, 3.8) is 0 Å². The average Bonchev–Trinajstić information content (AvgIpc) is 2.29. The standard InChI is InChI=1S/C14H28N2O/c1-12(2)6-4-5-9-15-14(17)16-10-7-13(3)8-11-16/h12-13H,4-11H2,1-3H3,(H,15,17). The minimum Gasteiger partial charge on any atom is -0.338 e. The van der Waals surface area contributed by atoms with Crippen molar-refractivity contribution >= 4 is 6.03 Å². The molecule has 0 aromatic rings. The van der Waals surface area contributed by atoms with Crippen molar-refractivity contribution in [2.45, 2.75) is 52.9 Å². The predicted molar refractivity (Wildman–Crippen MR) is 72.1 cm³/mol. The first-order valence-corrected chi connectivity index (χ1v) is 7.12. The van der Waals surface area contributed by atoms with Gasteiger partial charge in [0.15, 0.2) is 0 Å². The molecule has 1 saturated heterocycles. The van der Waals surface area contributed by atoms with Gasteiger partial charge in [-0.05, 0) is 31.1 Å². The molecule has 0 aromatic heterocycles. The third-order valence-corrected chi connectivity index (χ3v) is 3.56. The predicted octanol–water partition coefficient (Wildman–Crippen LogP) is 3.25. The number of rotatable bonds is 5. The van der Waals surface area contributed by atoms with Gasteiger partial charge in [0, 0.05) is 19.6 Å². The summed E-state index contributed by atoms with van der Waals surface area (Å²) in [6.45, 7) is 9.44. The number of nitrogens with one attached hydrogen (secondary N) is 1. The Morgan fingerprint density at radius 3 is 2.53 bits per heavy atom. The molecule has 1 aliphatic heterocycles. The van der Waals surface area contributed by atoms with Crippen LogP contribution >= 0.6 is 0 Å². The van der Waals surface area contributed by atoms with Crippen molar-refractivity contribution in [1.82, 2.24) is 10.2 Å². The van der Waals surface area contributed by atoms with Gasteiger partial charge in [0.1, 0.15) is 0 Å². The number of hydrogen-bond acceptors (Lipinski definition) is 1. The van der Waals surface area contributed by atoms with Gasteiger partial charge in [0.2, 0.25) is 0 Å². The minimum atomic E-state index is 0.140. The largest absolute Gasteiger partial charge is 0.338 e. The molecule has 100 valence electrons. The van der Waals surface area contributed by atoms with Crippen molar-refractivity contribution in [1.29, 1.82) is 0 Å². The molecule has 1 heterocycles. The lowest BCUT2D eigenvalue weighted by molar-refractivity contribution is 0.174. The van der Waals surface area contributed by atoms with E-state index in [-0.39, 0.29) is 6.03 Å². The third-order valence-electron chi connectivity index (χ3n) is 3.56. The molecular formula is C14H28N2O. The van der Waals surface area contributed by atoms with Gasteiger partial charge < -0.3 is 10.2 Å². The molecule has 0 radical (unpaired) electrons. The highest BCUT2D eigenvalue weighted by molar-refractivity contribution is 5.74. The molecule has 1 N–H and O–H groups in total. The number of unbranched alkanes of at least 4 members (excludes halogenated alkanes) is 1. The van der Waals surface area contributed by atoms with E-state index in [2.05, 4.69) is 26.1 Å². The van der Waals surface area contributed by atoms with E-state index < -0.39 is 0 Å². The number of likely N-dealkylation sites (tertiary alicyclic amines) is 1. The van der Waals surface area contributed by atoms with Gasteiger partial charge >= 0.3 is 6.03 Å². The van der Waals surface area contributed by atoms with E-state index in [1.807, 2.05) is 4.90 Å². The fraction of sp³-hybridized carbons (Fsp3) is 0.929. The molecule has 17 heavy (non-hydrogen) atoms. The topological polar surface area (TPSA) is 32.3 Å². The Kier molecular flexibility index (Phi) is 6.38. The normalized spacial score (nSPS) is 17.5. The summed E-state index contributed by atoms with van der Waals surface area (Å²) >= 11 is 0. The molecule has 0 aromatic carbocycles. The zero-order chi connectivity index (χ0) is 12.7. The molecule has 2 amide bonds. The number of piperidine rings is 1. The smallest absolute Gasteiger partial charge is 0.317 e. The molecule has 1 fully saturated rings. The fourth-order valence-electron chi connectivity index (χ4n) is 2.20. The van der Waals surface area contributed by atoms with Gasteiger partial charge in [0.25, 0.3) is 0 Å². The van der Waals surface area contributed by atoms with Gasteiger partial charge in [-0.1, -0.05) is 33.6 Å². The molecule has 1 aliphatic rings. The van der Waals surface area contributed by atoms with Crippen molar-refractivity contribution in [2.24, 2.45) is 11.8 Å². The summed E-state index contributed by atoms with van der Waals surface area (Å²) in [7, 11) is 0. The molecule has 0 bridgehead atoms. The Labute approximate surface area is 106 Å². The molecule has 0 spiro atoms. The summed E-state index contributed by atoms with van der Waals surface area (Å²) in [4.78, 5) is 13.8. The lowest BCUT2D eigenvalue weighted by atomic mass is 10.00. The minimum absolute atomic E-state index is 0.140. The van der Waals surface area contributed by atoms with E-state index in [4.69, 9.17) is 0 Å². The summed E-state index contributed by atoms with van der Waals surface area (Å²) in [6, 6.07) is 0.140. The fourth-order valence-corrected chi connectivity index (χ4v) is 2.20. The van der Waals surface area contributed by atoms with Gasteiger partial charge in [-0.3, -0.25) is 0 Å². The summed E-state index contributed by atoms with van der Waals surface area (Å²) in [6.07, 6.45) is 5.89. The third kappa shape index (κ3) is 5.94. The second-order valence-corrected chi connectivity index (χ2v) is 5.79. The Bertz CT molecular complexity index is 220. The van der Waals surface area contributed by atoms with Crippen LogP contribution in [0.25, 0.3) is 0 Å². The molecule has 0 saturated carbocycles. The maximum Gasteiger partial charge on any atom is 0.317 e. The molecule has 3 nitrogen and oxygen atoms in total. The summed E-state index contributed by atoms with van der Waals surface area (Å²) < 4.78 is 0. The maximum absolute atomic E-state index is 11.8. The number of urea groups is 1. The highest BCUT2D eigenvalue weighted by Crippen LogP contribution is 2.15. The molecule has 0 aliphatic carbocycles. The Morgan fingerprint density at radius 2 is 1.94 bits per heavy atom. The second-order valence-electron chi connectivity index (χ2n) is 5.79. The SMILES string of the molecule is CC(C)CCCCNC(=O)N1CCC(C)CC1. The van der Waals surface area contributed by atoms with Crippen molar-refractivity contribution in [3.05, 3.63) is 0 Å². The van der Waals surface area contributed by atoms with Crippen LogP contribution in [0.15, 0.2) is 0 Å². The van der Waals surface area contributed by atoms with Crippen LogP contribution in [0.3, 0.4) is 0 Å². The second kappa shape index (κ2) is 7.57. The van der Waals surface area contributed by atoms with Crippen LogP contribution in [0.4, 0.5) is 4.79 Å². The van der Waals surface area contributed by atoms with Gasteiger partial charge in [0.05, 0.1) is 0 Å². The van der Waals surface area contributed by atoms with E-state index in [0.717, 1.165) is 50.7 Å². The summed E-state index contributed by atoms with van der Waals surface area (Å²) in [5.74, 6) is 1.55. The summed E-state index contributed by atoms with van der Waals surface area (Å²) in [5.41, 5.74) is 0. The van der Waals surface area contributed by atoms with Crippen LogP contribution in [-0.4, -0.2) is 30.6 Å². The van der Waals surface area contributed by atoms with Crippen LogP contribution in [0.5, 0.6) is 0 Å². The number of hydrogen-bond donors (Lipinski definition) is 1. The maximum atomic E-state index is 11.8. The Balaban J connectivity index is 2.05. The van der Waals surface area contributed by atoms with Gasteiger partial charge in [-0.2, -0.15) is 0 Å². The molecular weight excluding hydrogens is 212 g/mol. The van der Waals surface area contributed by atoms with Crippen molar-refractivity contribution < 1.29 is 4.79 Å². The van der Waals surface area contributed by atoms with E-state index in [1.165, 1.54) is 12.8 Å². The Hall–Kier alpha value is -0.730. The van der Waals surface area contributed by atoms with Crippen LogP contribution in [0.1, 0.15) is 52.9 Å². The number of nitrogens with zero attached hydrogens (tertiary/aromatic N) is 1. The van der Waals surface area contributed by atoms with Crippen LogP contribution in [-0.2, 0) is 0 Å². The van der Waals surface area contributed by atoms with Crippen molar-refractivity contribution in [3.8, 4) is 0 Å². The highest BCUT2D eigenvalue weighted by Gasteiger charge is 2.19. The van der Waals surface area contributed by atoms with Gasteiger partial charge in [-0.25, -0.2) is 4.79 Å². The molecule has 1 rings (SSSR count). The first-order valence-electron chi connectivity index (χ1n) is 7.12. The number of amides is 2. The Morgan fingerprint density at radius 1 is 1.29 bits per heavy atom. The zero-order valence-electron chi connectivity index (χ0n) is 11.7. The molecule has 0 atom stereocenters. The molecule has 3 heteroatoms. The van der Waals surface area contributed by atoms with Crippen LogP contribution < -0.4 is 5.32 Å². The van der Waals surface area contributed by atoms with Crippen LogP contribution in [0, 0.1) is 11.8 Å². The number of carbonyl (C=O) groups is 1. The van der Waals surface area contributed by atoms with Crippen LogP contribution in [0.2, 0.25) is 0 Å². The van der Waals surface area contributed by atoms with E-state index in [0.29, 0.717) is 0 Å². The molecule has 0 unspecified atom stereocenters. The summed E-state index contributed by atoms with van der Waals surface area (Å²) in [5, 5.41) is 3.03. The van der Waals surface area contributed by atoms with Gasteiger partial charge in [-0.15, -0.1) is 0 Å². The van der Waals surface area contributed by atoms with E-state index in [9.17, 15) is 4.79 Å². The van der Waals surface area contributed by atoms with E-state index >= 15 is 0 Å². The first-order chi connectivity index (χ1) is 8.09.